The molecule has 0 aliphatic carbocycles. The number of rotatable bonds is 8. The van der Waals surface area contributed by atoms with Crippen molar-refractivity contribution in [2.24, 2.45) is 13.0 Å². The van der Waals surface area contributed by atoms with Crippen molar-refractivity contribution in [3.05, 3.63) is 59.7 Å². The normalized spacial score (nSPS) is 11.6. The van der Waals surface area contributed by atoms with Gasteiger partial charge in [-0.2, -0.15) is 5.26 Å². The molecule has 0 bridgehead atoms. The van der Waals surface area contributed by atoms with Crippen molar-refractivity contribution in [1.29, 1.82) is 5.26 Å². The molecule has 0 fully saturated rings. The van der Waals surface area contributed by atoms with Gasteiger partial charge in [0.1, 0.15) is 24.6 Å². The molecule has 2 heterocycles. The van der Waals surface area contributed by atoms with E-state index in [0.717, 1.165) is 21.8 Å². The van der Waals surface area contributed by atoms with Gasteiger partial charge in [-0.3, -0.25) is 9.59 Å². The first kappa shape index (κ1) is 23.1. The van der Waals surface area contributed by atoms with Crippen LogP contribution in [0.2, 0.25) is 0 Å². The molecule has 8 heteroatoms. The Kier molecular flexibility index (Phi) is 7.68. The highest BCUT2D eigenvalue weighted by atomic mass is 32.1. The lowest BCUT2D eigenvalue weighted by Gasteiger charge is -2.19. The number of hydrogen-bond donors (Lipinski definition) is 2. The van der Waals surface area contributed by atoms with Crippen molar-refractivity contribution in [3.8, 4) is 27.9 Å². The summed E-state index contributed by atoms with van der Waals surface area (Å²) < 4.78 is 1.98. The summed E-state index contributed by atoms with van der Waals surface area (Å²) in [4.78, 5) is 29.7. The molecule has 0 radical (unpaired) electrons. The first-order valence-electron chi connectivity index (χ1n) is 10.3. The first-order valence-corrected chi connectivity index (χ1v) is 11.2. The maximum absolute atomic E-state index is 12.7. The summed E-state index contributed by atoms with van der Waals surface area (Å²) in [5, 5.41) is 16.9. The Morgan fingerprint density at radius 1 is 1.19 bits per heavy atom. The molecule has 7 nitrogen and oxygen atoms in total. The van der Waals surface area contributed by atoms with Gasteiger partial charge in [0, 0.05) is 22.6 Å². The summed E-state index contributed by atoms with van der Waals surface area (Å²) in [6.07, 6.45) is 4.48. The third-order valence-corrected chi connectivity index (χ3v) is 5.70. The van der Waals surface area contributed by atoms with Gasteiger partial charge in [-0.25, -0.2) is 9.55 Å². The fourth-order valence-corrected chi connectivity index (χ4v) is 4.06. The lowest BCUT2D eigenvalue weighted by molar-refractivity contribution is -0.671. The highest BCUT2D eigenvalue weighted by Crippen LogP contribution is 2.28. The number of amides is 2. The van der Waals surface area contributed by atoms with Crippen LogP contribution in [-0.2, 0) is 11.8 Å². The maximum atomic E-state index is 12.7. The van der Waals surface area contributed by atoms with Crippen molar-refractivity contribution in [3.63, 3.8) is 0 Å². The smallest absolute Gasteiger partial charge is 0.251 e. The zero-order valence-corrected chi connectivity index (χ0v) is 19.1. The van der Waals surface area contributed by atoms with Crippen LogP contribution in [0.5, 0.6) is 0 Å². The molecule has 0 aliphatic rings. The zero-order valence-electron chi connectivity index (χ0n) is 18.3. The van der Waals surface area contributed by atoms with Gasteiger partial charge in [0.05, 0.1) is 17.3 Å². The van der Waals surface area contributed by atoms with Crippen LogP contribution in [-0.4, -0.2) is 29.4 Å². The van der Waals surface area contributed by atoms with E-state index in [9.17, 15) is 9.59 Å². The summed E-state index contributed by atoms with van der Waals surface area (Å²) in [6.45, 7) is 3.86. The van der Waals surface area contributed by atoms with Crippen LogP contribution in [0, 0.1) is 17.2 Å². The number of benzene rings is 1. The number of carbonyl (C=O) groups excluding carboxylic acids is 2. The third-order valence-electron chi connectivity index (χ3n) is 4.80. The third kappa shape index (κ3) is 5.99. The van der Waals surface area contributed by atoms with E-state index in [1.807, 2.05) is 73.6 Å². The number of carbonyl (C=O) groups is 2. The molecule has 3 rings (SSSR count). The highest BCUT2D eigenvalue weighted by Gasteiger charge is 2.22. The largest absolute Gasteiger partial charge is 0.341 e. The molecule has 2 N–H and O–H groups in total. The van der Waals surface area contributed by atoms with Gasteiger partial charge in [0.25, 0.3) is 5.91 Å². The Balaban J connectivity index is 1.71. The van der Waals surface area contributed by atoms with Crippen molar-refractivity contribution < 1.29 is 14.2 Å². The van der Waals surface area contributed by atoms with E-state index in [2.05, 4.69) is 10.6 Å². The minimum Gasteiger partial charge on any atom is -0.341 e. The van der Waals surface area contributed by atoms with Gasteiger partial charge in [-0.15, -0.1) is 11.3 Å². The number of hydrogen-bond acceptors (Lipinski definition) is 5. The van der Waals surface area contributed by atoms with Crippen LogP contribution in [0.15, 0.2) is 54.2 Å². The summed E-state index contributed by atoms with van der Waals surface area (Å²) in [5.41, 5.74) is 3.26. The van der Waals surface area contributed by atoms with Crippen molar-refractivity contribution in [2.45, 2.75) is 26.3 Å². The lowest BCUT2D eigenvalue weighted by Crippen LogP contribution is -2.47. The average Bonchev–Trinajstić information content (AvgIpc) is 3.27. The zero-order chi connectivity index (χ0) is 23.1. The first-order chi connectivity index (χ1) is 15.4. The van der Waals surface area contributed by atoms with Gasteiger partial charge in [-0.1, -0.05) is 26.0 Å². The summed E-state index contributed by atoms with van der Waals surface area (Å²) >= 11 is 1.57. The minimum atomic E-state index is -0.691. The van der Waals surface area contributed by atoms with E-state index in [-0.39, 0.29) is 24.3 Å². The second kappa shape index (κ2) is 10.6. The van der Waals surface area contributed by atoms with Crippen LogP contribution < -0.4 is 15.2 Å². The molecule has 3 aromatic rings. The molecule has 32 heavy (non-hydrogen) atoms. The molecule has 0 aliphatic heterocycles. The van der Waals surface area contributed by atoms with Crippen molar-refractivity contribution >= 4 is 23.2 Å². The van der Waals surface area contributed by atoms with Gasteiger partial charge in [0.15, 0.2) is 12.4 Å². The Labute approximate surface area is 191 Å². The summed E-state index contributed by atoms with van der Waals surface area (Å²) in [7, 11) is 1.97. The number of aromatic nitrogens is 2. The predicted molar refractivity (Wildman–Crippen MR) is 123 cm³/mol. The van der Waals surface area contributed by atoms with E-state index >= 15 is 0 Å². The Morgan fingerprint density at radius 3 is 2.59 bits per heavy atom. The molecule has 0 spiro atoms. The van der Waals surface area contributed by atoms with Gasteiger partial charge in [0.2, 0.25) is 5.91 Å². The quantitative estimate of drug-likeness (QED) is 0.409. The van der Waals surface area contributed by atoms with Gasteiger partial charge < -0.3 is 10.6 Å². The molecule has 0 saturated carbocycles. The fraction of sp³-hybridized carbons (Fsp3) is 0.292. The molecule has 2 aromatic heterocycles. The van der Waals surface area contributed by atoms with Crippen LogP contribution >= 0.6 is 11.3 Å². The molecular weight excluding hydrogens is 422 g/mol. The Morgan fingerprint density at radius 2 is 1.94 bits per heavy atom. The van der Waals surface area contributed by atoms with Crippen LogP contribution in [0.4, 0.5) is 0 Å². The SMILES string of the molecule is CC(C)C[C@H](NC(=O)c1ccc(-c2csc(-c3ccc[n+](C)c3)n2)cc1)C(=O)NCC#N. The summed E-state index contributed by atoms with van der Waals surface area (Å²) in [5.74, 6) is -0.472. The van der Waals surface area contributed by atoms with E-state index in [1.165, 1.54) is 0 Å². The molecule has 0 unspecified atom stereocenters. The van der Waals surface area contributed by atoms with Crippen LogP contribution in [0.1, 0.15) is 30.6 Å². The number of aryl methyl sites for hydroxylation is 1. The number of pyridine rings is 1. The van der Waals surface area contributed by atoms with E-state index < -0.39 is 6.04 Å². The van der Waals surface area contributed by atoms with Crippen molar-refractivity contribution in [2.75, 3.05) is 6.54 Å². The minimum absolute atomic E-state index is 0.0884. The van der Waals surface area contributed by atoms with E-state index in [4.69, 9.17) is 10.2 Å². The van der Waals surface area contributed by atoms with E-state index in [0.29, 0.717) is 12.0 Å². The average molecular weight is 449 g/mol. The molecule has 2 amide bonds. The highest BCUT2D eigenvalue weighted by molar-refractivity contribution is 7.13. The lowest BCUT2D eigenvalue weighted by atomic mass is 10.0. The number of nitrogens with zero attached hydrogens (tertiary/aromatic N) is 3. The standard InChI is InChI=1S/C24H25N5O2S/c1-16(2)13-20(23(31)26-11-10-25)27-22(30)18-8-6-17(7-9-18)21-15-32-24(28-21)19-5-4-12-29(3)14-19/h4-9,12,14-16,20H,11,13H2,1-3H3,(H-,26,27,30,31)/p+1/t20-/m0/s1. The number of nitrogens with one attached hydrogen (secondary N) is 2. The molecule has 1 aromatic carbocycles. The second-order valence-electron chi connectivity index (χ2n) is 7.90. The van der Waals surface area contributed by atoms with Crippen molar-refractivity contribution in [1.82, 2.24) is 15.6 Å². The fourth-order valence-electron chi connectivity index (χ4n) is 3.24. The predicted octanol–water partition coefficient (Wildman–Crippen LogP) is 3.09. The number of nitriles is 1. The molecular formula is C24H26N5O2S+. The molecule has 164 valence electrons. The Hall–Kier alpha value is -3.57. The maximum Gasteiger partial charge on any atom is 0.251 e. The molecule has 1 atom stereocenters. The van der Waals surface area contributed by atoms with Crippen LogP contribution in [0.3, 0.4) is 0 Å². The topological polar surface area (TPSA) is 98.8 Å². The monoisotopic (exact) mass is 448 g/mol. The number of thiazole rings is 1. The summed E-state index contributed by atoms with van der Waals surface area (Å²) in [6, 6.07) is 12.4. The second-order valence-corrected chi connectivity index (χ2v) is 8.76. The van der Waals surface area contributed by atoms with Gasteiger partial charge in [-0.05, 0) is 30.5 Å². The van der Waals surface area contributed by atoms with Crippen LogP contribution in [0.25, 0.3) is 21.8 Å². The van der Waals surface area contributed by atoms with E-state index in [1.54, 1.807) is 23.5 Å². The van der Waals surface area contributed by atoms with Gasteiger partial charge >= 0.3 is 0 Å². The Bertz CT molecular complexity index is 1130. The molecule has 0 saturated heterocycles.